The third-order valence-corrected chi connectivity index (χ3v) is 6.50. The molecule has 142 valence electrons. The van der Waals surface area contributed by atoms with Crippen LogP contribution in [0.2, 0.25) is 0 Å². The van der Waals surface area contributed by atoms with Gasteiger partial charge in [-0.25, -0.2) is 0 Å². The molecule has 5 rings (SSSR count). The van der Waals surface area contributed by atoms with Gasteiger partial charge < -0.3 is 4.74 Å². The van der Waals surface area contributed by atoms with Crippen LogP contribution in [0.15, 0.2) is 66.7 Å². The predicted octanol–water partition coefficient (Wildman–Crippen LogP) is 6.10. The third-order valence-electron chi connectivity index (χ3n) is 6.50. The number of ether oxygens (including phenoxy) is 1. The molecule has 0 aromatic heterocycles. The fourth-order valence-corrected chi connectivity index (χ4v) is 5.01. The second-order valence-electron chi connectivity index (χ2n) is 8.27. The lowest BCUT2D eigenvalue weighted by molar-refractivity contribution is 0.145. The van der Waals surface area contributed by atoms with E-state index < -0.39 is 0 Å². The molecule has 2 heteroatoms. The summed E-state index contributed by atoms with van der Waals surface area (Å²) in [5, 5.41) is 0. The van der Waals surface area contributed by atoms with Gasteiger partial charge in [-0.3, -0.25) is 4.90 Å². The molecule has 1 aliphatic heterocycles. The monoisotopic (exact) mass is 369 g/mol. The van der Waals surface area contributed by atoms with E-state index in [1.165, 1.54) is 41.6 Å². The Balaban J connectivity index is 1.44. The largest absolute Gasteiger partial charge is 0.497 e. The van der Waals surface area contributed by atoms with Crippen LogP contribution < -0.4 is 4.74 Å². The second kappa shape index (κ2) is 7.10. The van der Waals surface area contributed by atoms with Crippen molar-refractivity contribution in [1.29, 1.82) is 0 Å². The lowest BCUT2D eigenvalue weighted by Crippen LogP contribution is -2.31. The van der Waals surface area contributed by atoms with Crippen LogP contribution in [-0.4, -0.2) is 18.6 Å². The van der Waals surface area contributed by atoms with Crippen molar-refractivity contribution in [2.75, 3.05) is 13.7 Å². The molecule has 1 fully saturated rings. The van der Waals surface area contributed by atoms with E-state index in [0.29, 0.717) is 6.04 Å². The number of piperidine rings is 1. The third kappa shape index (κ3) is 3.12. The van der Waals surface area contributed by atoms with E-state index in [4.69, 9.17) is 4.74 Å². The minimum absolute atomic E-state index is 0.542. The first-order valence-electron chi connectivity index (χ1n) is 10.3. The van der Waals surface area contributed by atoms with E-state index in [-0.39, 0.29) is 0 Å². The standard InChI is InChI=1S/C26H27NO/c1-18-4-3-5-20(14-18)21-8-11-24-22-12-13-27(26(16-22)25(24)15-21)17-19-6-9-23(28-2)10-7-19/h3-11,14-15,22,26H,12-13,16-17H2,1-2H3/t22-,26-/m1/s1. The van der Waals surface area contributed by atoms with Gasteiger partial charge in [-0.1, -0.05) is 54.1 Å². The summed E-state index contributed by atoms with van der Waals surface area (Å²) in [5.74, 6) is 1.66. The van der Waals surface area contributed by atoms with Gasteiger partial charge in [-0.15, -0.1) is 0 Å². The molecule has 2 nitrogen and oxygen atoms in total. The molecular formula is C26H27NO. The summed E-state index contributed by atoms with van der Waals surface area (Å²) >= 11 is 0. The molecule has 0 amide bonds. The predicted molar refractivity (Wildman–Crippen MR) is 115 cm³/mol. The molecule has 0 saturated carbocycles. The van der Waals surface area contributed by atoms with Crippen LogP contribution in [0.25, 0.3) is 11.1 Å². The molecule has 2 aliphatic rings. The number of hydrogen-bond acceptors (Lipinski definition) is 2. The lowest BCUT2D eigenvalue weighted by Gasteiger charge is -2.33. The highest BCUT2D eigenvalue weighted by molar-refractivity contribution is 5.66. The number of likely N-dealkylation sites (tertiary alicyclic amines) is 1. The fourth-order valence-electron chi connectivity index (χ4n) is 5.01. The van der Waals surface area contributed by atoms with Gasteiger partial charge in [0.2, 0.25) is 0 Å². The zero-order valence-corrected chi connectivity index (χ0v) is 16.7. The molecule has 0 radical (unpaired) electrons. The van der Waals surface area contributed by atoms with E-state index in [1.807, 2.05) is 0 Å². The van der Waals surface area contributed by atoms with Gasteiger partial charge in [0, 0.05) is 12.6 Å². The molecule has 0 unspecified atom stereocenters. The van der Waals surface area contributed by atoms with Crippen LogP contribution in [0.3, 0.4) is 0 Å². The number of nitrogens with zero attached hydrogens (tertiary/aromatic N) is 1. The lowest BCUT2D eigenvalue weighted by atomic mass is 9.94. The molecule has 3 aromatic rings. The highest BCUT2D eigenvalue weighted by Gasteiger charge is 2.38. The van der Waals surface area contributed by atoms with E-state index in [1.54, 1.807) is 18.2 Å². The number of fused-ring (bicyclic) bond motifs is 5. The van der Waals surface area contributed by atoms with Crippen molar-refractivity contribution >= 4 is 0 Å². The number of benzene rings is 3. The molecule has 3 aromatic carbocycles. The van der Waals surface area contributed by atoms with Crippen LogP contribution in [0.5, 0.6) is 5.75 Å². The Bertz CT molecular complexity index is 992. The Kier molecular flexibility index (Phi) is 4.44. The summed E-state index contributed by atoms with van der Waals surface area (Å²) in [7, 11) is 1.72. The van der Waals surface area contributed by atoms with Crippen LogP contribution in [0, 0.1) is 6.92 Å². The van der Waals surface area contributed by atoms with Crippen molar-refractivity contribution in [1.82, 2.24) is 4.90 Å². The van der Waals surface area contributed by atoms with Gasteiger partial charge in [0.15, 0.2) is 0 Å². The van der Waals surface area contributed by atoms with Crippen molar-refractivity contribution in [3.8, 4) is 16.9 Å². The average Bonchev–Trinajstić information content (AvgIpc) is 3.03. The van der Waals surface area contributed by atoms with E-state index >= 15 is 0 Å². The molecule has 1 saturated heterocycles. The first kappa shape index (κ1) is 17.5. The average molecular weight is 370 g/mol. The zero-order valence-electron chi connectivity index (χ0n) is 16.7. The van der Waals surface area contributed by atoms with Gasteiger partial charge in [0.1, 0.15) is 5.75 Å². The minimum atomic E-state index is 0.542. The van der Waals surface area contributed by atoms with Gasteiger partial charge in [0.25, 0.3) is 0 Å². The quantitative estimate of drug-likeness (QED) is 0.550. The van der Waals surface area contributed by atoms with E-state index in [9.17, 15) is 0 Å². The fraction of sp³-hybridized carbons (Fsp3) is 0.308. The van der Waals surface area contributed by atoms with Gasteiger partial charge in [0.05, 0.1) is 7.11 Å². The summed E-state index contributed by atoms with van der Waals surface area (Å²) in [5.41, 5.74) is 8.49. The summed E-state index contributed by atoms with van der Waals surface area (Å²) in [6.07, 6.45) is 2.53. The molecule has 2 atom stereocenters. The van der Waals surface area contributed by atoms with Crippen molar-refractivity contribution in [3.63, 3.8) is 0 Å². The van der Waals surface area contributed by atoms with Crippen molar-refractivity contribution in [2.45, 2.75) is 38.3 Å². The van der Waals surface area contributed by atoms with Gasteiger partial charge in [-0.05, 0) is 78.2 Å². The first-order chi connectivity index (χ1) is 13.7. The van der Waals surface area contributed by atoms with Gasteiger partial charge in [-0.2, -0.15) is 0 Å². The normalized spacial score (nSPS) is 20.8. The summed E-state index contributed by atoms with van der Waals surface area (Å²) in [6, 6.07) is 25.1. The first-order valence-corrected chi connectivity index (χ1v) is 10.3. The maximum absolute atomic E-state index is 5.30. The Morgan fingerprint density at radius 1 is 0.929 bits per heavy atom. The number of hydrogen-bond donors (Lipinski definition) is 0. The Morgan fingerprint density at radius 3 is 2.54 bits per heavy atom. The summed E-state index contributed by atoms with van der Waals surface area (Å²) in [6.45, 7) is 4.35. The summed E-state index contributed by atoms with van der Waals surface area (Å²) < 4.78 is 5.30. The van der Waals surface area contributed by atoms with Gasteiger partial charge >= 0.3 is 0 Å². The van der Waals surface area contributed by atoms with Crippen LogP contribution in [0.4, 0.5) is 0 Å². The molecule has 0 N–H and O–H groups in total. The zero-order chi connectivity index (χ0) is 19.1. The molecule has 1 heterocycles. The number of methoxy groups -OCH3 is 1. The molecular weight excluding hydrogens is 342 g/mol. The van der Waals surface area contributed by atoms with E-state index in [0.717, 1.165) is 18.2 Å². The topological polar surface area (TPSA) is 12.5 Å². The maximum atomic E-state index is 5.30. The molecule has 1 aliphatic carbocycles. The highest BCUT2D eigenvalue weighted by atomic mass is 16.5. The van der Waals surface area contributed by atoms with E-state index in [2.05, 4.69) is 78.6 Å². The number of rotatable bonds is 4. The van der Waals surface area contributed by atoms with Crippen LogP contribution >= 0.6 is 0 Å². The minimum Gasteiger partial charge on any atom is -0.497 e. The van der Waals surface area contributed by atoms with Crippen LogP contribution in [0.1, 0.15) is 47.1 Å². The van der Waals surface area contributed by atoms with Crippen molar-refractivity contribution < 1.29 is 4.74 Å². The van der Waals surface area contributed by atoms with Crippen molar-refractivity contribution in [2.24, 2.45) is 0 Å². The SMILES string of the molecule is COc1ccc(CN2CC[C@@H]3C[C@@H]2c2cc(-c4cccc(C)c4)ccc23)cc1. The molecule has 28 heavy (non-hydrogen) atoms. The van der Waals surface area contributed by atoms with Crippen LogP contribution in [-0.2, 0) is 6.54 Å². The Hall–Kier alpha value is -2.58. The second-order valence-corrected chi connectivity index (χ2v) is 8.27. The smallest absolute Gasteiger partial charge is 0.118 e. The number of aryl methyl sites for hydroxylation is 1. The summed E-state index contributed by atoms with van der Waals surface area (Å²) in [4.78, 5) is 2.67. The molecule has 0 spiro atoms. The maximum Gasteiger partial charge on any atom is 0.118 e. The molecule has 2 bridgehead atoms. The Morgan fingerprint density at radius 2 is 1.75 bits per heavy atom. The highest BCUT2D eigenvalue weighted by Crippen LogP contribution is 2.50. The Labute approximate surface area is 167 Å². The van der Waals surface area contributed by atoms with Crippen molar-refractivity contribution in [3.05, 3.63) is 89.0 Å².